The molecule has 1 amide bonds. The number of methoxy groups -OCH3 is 3. The van der Waals surface area contributed by atoms with E-state index in [9.17, 15) is 4.79 Å². The highest BCUT2D eigenvalue weighted by molar-refractivity contribution is 5.87. The number of carbonyl (C=O) groups is 1. The molecule has 0 aliphatic heterocycles. The Balaban J connectivity index is 2.99. The quantitative estimate of drug-likeness (QED) is 0.638. The number of nitrogens with one attached hydrogen (secondary N) is 1. The minimum Gasteiger partial charge on any atom is -0.493 e. The summed E-state index contributed by atoms with van der Waals surface area (Å²) in [6, 6.07) is 3.65. The number of ether oxygens (including phenoxy) is 3. The van der Waals surface area contributed by atoms with Gasteiger partial charge in [0.05, 0.1) is 21.3 Å². The Labute approximate surface area is 118 Å². The van der Waals surface area contributed by atoms with Gasteiger partial charge in [0.1, 0.15) is 0 Å². The third-order valence-corrected chi connectivity index (χ3v) is 2.58. The number of likely N-dealkylation sites (N-methyl/N-ethyl adjacent to an activating group) is 1. The van der Waals surface area contributed by atoms with Gasteiger partial charge in [-0.05, 0) is 17.7 Å². The molecule has 0 radical (unpaired) electrons. The minimum atomic E-state index is -0.153. The second kappa shape index (κ2) is 7.89. The average molecular weight is 277 g/mol. The molecule has 0 unspecified atom stereocenters. The van der Waals surface area contributed by atoms with Crippen molar-refractivity contribution in [3.8, 4) is 17.2 Å². The molecule has 0 aliphatic carbocycles. The Morgan fingerprint density at radius 3 is 2.10 bits per heavy atom. The van der Waals surface area contributed by atoms with Crippen LogP contribution in [0.2, 0.25) is 0 Å². The fourth-order valence-electron chi connectivity index (χ4n) is 1.59. The molecule has 1 aromatic carbocycles. The van der Waals surface area contributed by atoms with Crippen LogP contribution in [0.25, 0.3) is 6.08 Å². The van der Waals surface area contributed by atoms with Crippen LogP contribution in [-0.4, -0.2) is 34.3 Å². The molecule has 0 aromatic heterocycles. The monoisotopic (exact) mass is 277 g/mol. The van der Waals surface area contributed by atoms with Crippen LogP contribution in [0.3, 0.4) is 0 Å². The zero-order chi connectivity index (χ0) is 15.0. The summed E-state index contributed by atoms with van der Waals surface area (Å²) in [7, 11) is 6.27. The van der Waals surface area contributed by atoms with Gasteiger partial charge in [-0.1, -0.05) is 18.2 Å². The van der Waals surface area contributed by atoms with Crippen molar-refractivity contribution in [3.63, 3.8) is 0 Å². The standard InChI is InChI=1S/C15H19NO4/c1-16-14(17)8-6-5-7-11-9-12(18-2)15(20-4)13(10-11)19-3/h5-10H,1-4H3,(H,16,17)/b7-5+,8-6+. The summed E-state index contributed by atoms with van der Waals surface area (Å²) < 4.78 is 15.8. The molecule has 108 valence electrons. The van der Waals surface area contributed by atoms with Crippen molar-refractivity contribution in [1.29, 1.82) is 0 Å². The SMILES string of the molecule is CNC(=O)/C=C/C=C/c1cc(OC)c(OC)c(OC)c1. The summed E-state index contributed by atoms with van der Waals surface area (Å²) in [5.41, 5.74) is 0.876. The second-order valence-electron chi connectivity index (χ2n) is 3.79. The molecule has 0 saturated carbocycles. The molecule has 0 saturated heterocycles. The van der Waals surface area contributed by atoms with Crippen molar-refractivity contribution in [1.82, 2.24) is 5.32 Å². The van der Waals surface area contributed by atoms with Gasteiger partial charge in [-0.25, -0.2) is 0 Å². The Morgan fingerprint density at radius 2 is 1.65 bits per heavy atom. The molecule has 1 N–H and O–H groups in total. The Hall–Kier alpha value is -2.43. The van der Waals surface area contributed by atoms with E-state index in [1.54, 1.807) is 40.5 Å². The Morgan fingerprint density at radius 1 is 1.05 bits per heavy atom. The van der Waals surface area contributed by atoms with Crippen molar-refractivity contribution >= 4 is 12.0 Å². The van der Waals surface area contributed by atoms with E-state index < -0.39 is 0 Å². The predicted molar refractivity (Wildman–Crippen MR) is 78.3 cm³/mol. The number of hydrogen-bond acceptors (Lipinski definition) is 4. The van der Waals surface area contributed by atoms with Crippen LogP contribution < -0.4 is 19.5 Å². The van der Waals surface area contributed by atoms with E-state index in [1.165, 1.54) is 6.08 Å². The highest BCUT2D eigenvalue weighted by atomic mass is 16.5. The first-order valence-corrected chi connectivity index (χ1v) is 6.02. The smallest absolute Gasteiger partial charge is 0.243 e. The van der Waals surface area contributed by atoms with E-state index in [0.29, 0.717) is 17.2 Å². The first kappa shape index (κ1) is 15.6. The maximum Gasteiger partial charge on any atom is 0.243 e. The third-order valence-electron chi connectivity index (χ3n) is 2.58. The largest absolute Gasteiger partial charge is 0.493 e. The first-order valence-electron chi connectivity index (χ1n) is 6.02. The molecule has 0 aliphatic rings. The van der Waals surface area contributed by atoms with Crippen LogP contribution in [0.5, 0.6) is 17.2 Å². The molecule has 20 heavy (non-hydrogen) atoms. The first-order chi connectivity index (χ1) is 9.65. The highest BCUT2D eigenvalue weighted by Crippen LogP contribution is 2.38. The number of rotatable bonds is 6. The van der Waals surface area contributed by atoms with Gasteiger partial charge in [-0.2, -0.15) is 0 Å². The molecule has 5 nitrogen and oxygen atoms in total. The van der Waals surface area contributed by atoms with Crippen LogP contribution in [0.15, 0.2) is 30.4 Å². The van der Waals surface area contributed by atoms with E-state index in [4.69, 9.17) is 14.2 Å². The molecule has 5 heteroatoms. The topological polar surface area (TPSA) is 56.8 Å². The van der Waals surface area contributed by atoms with Crippen molar-refractivity contribution in [2.75, 3.05) is 28.4 Å². The lowest BCUT2D eigenvalue weighted by Gasteiger charge is -2.12. The molecule has 0 atom stereocenters. The normalized spacial score (nSPS) is 10.8. The molecule has 0 fully saturated rings. The Kier molecular flexibility index (Phi) is 6.16. The van der Waals surface area contributed by atoms with Gasteiger partial charge in [0.2, 0.25) is 11.7 Å². The zero-order valence-electron chi connectivity index (χ0n) is 12.1. The number of hydrogen-bond donors (Lipinski definition) is 1. The predicted octanol–water partition coefficient (Wildman–Crippen LogP) is 2.03. The van der Waals surface area contributed by atoms with Gasteiger partial charge in [-0.3, -0.25) is 4.79 Å². The molecular formula is C15H19NO4. The number of benzene rings is 1. The number of carbonyl (C=O) groups excluding carboxylic acids is 1. The number of allylic oxidation sites excluding steroid dienone is 2. The van der Waals surface area contributed by atoms with Gasteiger partial charge in [0, 0.05) is 13.1 Å². The van der Waals surface area contributed by atoms with Gasteiger partial charge in [-0.15, -0.1) is 0 Å². The van der Waals surface area contributed by atoms with Crippen LogP contribution in [0.1, 0.15) is 5.56 Å². The second-order valence-corrected chi connectivity index (χ2v) is 3.79. The zero-order valence-corrected chi connectivity index (χ0v) is 12.1. The molecule has 1 rings (SSSR count). The maximum atomic E-state index is 11.0. The van der Waals surface area contributed by atoms with Gasteiger partial charge < -0.3 is 19.5 Å². The summed E-state index contributed by atoms with van der Waals surface area (Å²) in [6.07, 6.45) is 6.69. The minimum absolute atomic E-state index is 0.153. The highest BCUT2D eigenvalue weighted by Gasteiger charge is 2.11. The summed E-state index contributed by atoms with van der Waals surface area (Å²) in [5, 5.41) is 2.50. The lowest BCUT2D eigenvalue weighted by atomic mass is 10.1. The van der Waals surface area contributed by atoms with Crippen molar-refractivity contribution in [3.05, 3.63) is 35.9 Å². The summed E-state index contributed by atoms with van der Waals surface area (Å²) in [6.45, 7) is 0. The molecule has 0 bridgehead atoms. The third kappa shape index (κ3) is 4.05. The summed E-state index contributed by atoms with van der Waals surface area (Å²) >= 11 is 0. The van der Waals surface area contributed by atoms with Crippen molar-refractivity contribution < 1.29 is 19.0 Å². The van der Waals surface area contributed by atoms with E-state index >= 15 is 0 Å². The molecule has 0 spiro atoms. The van der Waals surface area contributed by atoms with Gasteiger partial charge in [0.25, 0.3) is 0 Å². The van der Waals surface area contributed by atoms with E-state index in [-0.39, 0.29) is 5.91 Å². The van der Waals surface area contributed by atoms with Crippen molar-refractivity contribution in [2.45, 2.75) is 0 Å². The van der Waals surface area contributed by atoms with Crippen LogP contribution in [0, 0.1) is 0 Å². The fourth-order valence-corrected chi connectivity index (χ4v) is 1.59. The van der Waals surface area contributed by atoms with Gasteiger partial charge in [0.15, 0.2) is 11.5 Å². The lowest BCUT2D eigenvalue weighted by Crippen LogP contribution is -2.13. The van der Waals surface area contributed by atoms with E-state index in [2.05, 4.69) is 5.32 Å². The number of amides is 1. The van der Waals surface area contributed by atoms with E-state index in [1.807, 2.05) is 18.2 Å². The molecular weight excluding hydrogens is 258 g/mol. The maximum absolute atomic E-state index is 11.0. The summed E-state index contributed by atoms with van der Waals surface area (Å²) in [4.78, 5) is 11.0. The Bertz CT molecular complexity index is 496. The van der Waals surface area contributed by atoms with Crippen LogP contribution in [0.4, 0.5) is 0 Å². The lowest BCUT2D eigenvalue weighted by molar-refractivity contribution is -0.116. The fraction of sp³-hybridized carbons (Fsp3) is 0.267. The molecule has 1 aromatic rings. The average Bonchev–Trinajstić information content (AvgIpc) is 2.49. The summed E-state index contributed by atoms with van der Waals surface area (Å²) in [5.74, 6) is 1.57. The van der Waals surface area contributed by atoms with Crippen molar-refractivity contribution in [2.24, 2.45) is 0 Å². The molecule has 0 heterocycles. The van der Waals surface area contributed by atoms with Crippen LogP contribution >= 0.6 is 0 Å². The van der Waals surface area contributed by atoms with Crippen LogP contribution in [-0.2, 0) is 4.79 Å². The van der Waals surface area contributed by atoms with E-state index in [0.717, 1.165) is 5.56 Å². The van der Waals surface area contributed by atoms with Gasteiger partial charge >= 0.3 is 0 Å².